The molecule has 0 unspecified atom stereocenters. The number of hydrogen-bond acceptors (Lipinski definition) is 4. The number of rotatable bonds is 9. The molecule has 0 rings (SSSR count). The zero-order valence-electron chi connectivity index (χ0n) is 11.1. The van der Waals surface area contributed by atoms with Crippen molar-refractivity contribution < 1.29 is 19.1 Å². The Bertz CT molecular complexity index is 360. The molecule has 6 nitrogen and oxygen atoms in total. The summed E-state index contributed by atoms with van der Waals surface area (Å²) in [5, 5.41) is 2.48. The average Bonchev–Trinajstić information content (AvgIpc) is 2.35. The minimum Gasteiger partial charge on any atom is -0.466 e. The monoisotopic (exact) mass is 268 g/mol. The zero-order valence-corrected chi connectivity index (χ0v) is 11.1. The molecule has 0 saturated heterocycles. The van der Waals surface area contributed by atoms with Crippen LogP contribution in [0.5, 0.6) is 0 Å². The van der Waals surface area contributed by atoms with Gasteiger partial charge < -0.3 is 15.8 Å². The SMILES string of the molecule is C#CCCC[C@@H](NC(=O)CCC(=O)OCC)C(N)=O. The largest absolute Gasteiger partial charge is 0.466 e. The van der Waals surface area contributed by atoms with Gasteiger partial charge in [-0.2, -0.15) is 0 Å². The van der Waals surface area contributed by atoms with E-state index in [4.69, 9.17) is 16.9 Å². The van der Waals surface area contributed by atoms with Crippen LogP contribution in [0.4, 0.5) is 0 Å². The summed E-state index contributed by atoms with van der Waals surface area (Å²) in [4.78, 5) is 33.7. The van der Waals surface area contributed by atoms with Crippen molar-refractivity contribution in [1.82, 2.24) is 5.32 Å². The van der Waals surface area contributed by atoms with Gasteiger partial charge in [-0.25, -0.2) is 0 Å². The van der Waals surface area contributed by atoms with Crippen molar-refractivity contribution >= 4 is 17.8 Å². The second kappa shape index (κ2) is 9.95. The highest BCUT2D eigenvalue weighted by Crippen LogP contribution is 2.01. The number of amides is 2. The van der Waals surface area contributed by atoms with Gasteiger partial charge in [0, 0.05) is 12.8 Å². The van der Waals surface area contributed by atoms with E-state index < -0.39 is 23.8 Å². The molecule has 3 N–H and O–H groups in total. The fourth-order valence-electron chi connectivity index (χ4n) is 1.41. The normalized spacial score (nSPS) is 11.2. The molecule has 0 aromatic heterocycles. The zero-order chi connectivity index (χ0) is 14.7. The number of unbranched alkanes of at least 4 members (excludes halogenated alkanes) is 1. The fourth-order valence-corrected chi connectivity index (χ4v) is 1.41. The number of esters is 1. The van der Waals surface area contributed by atoms with Crippen molar-refractivity contribution in [3.05, 3.63) is 0 Å². The third kappa shape index (κ3) is 8.66. The number of hydrogen-bond donors (Lipinski definition) is 2. The summed E-state index contributed by atoms with van der Waals surface area (Å²) < 4.78 is 4.69. The van der Waals surface area contributed by atoms with Crippen molar-refractivity contribution in [3.63, 3.8) is 0 Å². The lowest BCUT2D eigenvalue weighted by atomic mass is 10.1. The molecule has 0 fully saturated rings. The van der Waals surface area contributed by atoms with E-state index in [9.17, 15) is 14.4 Å². The second-order valence-corrected chi connectivity index (χ2v) is 3.92. The Hall–Kier alpha value is -2.03. The Balaban J connectivity index is 4.07. The van der Waals surface area contributed by atoms with E-state index >= 15 is 0 Å². The molecule has 106 valence electrons. The minimum atomic E-state index is -0.747. The number of nitrogens with two attached hydrogens (primary N) is 1. The number of nitrogens with one attached hydrogen (secondary N) is 1. The predicted molar refractivity (Wildman–Crippen MR) is 69.7 cm³/mol. The van der Waals surface area contributed by atoms with Crippen molar-refractivity contribution in [1.29, 1.82) is 0 Å². The lowest BCUT2D eigenvalue weighted by Crippen LogP contribution is -2.44. The minimum absolute atomic E-state index is 0.0183. The smallest absolute Gasteiger partial charge is 0.306 e. The van der Waals surface area contributed by atoms with Crippen LogP contribution < -0.4 is 11.1 Å². The van der Waals surface area contributed by atoms with Gasteiger partial charge in [0.15, 0.2) is 0 Å². The summed E-state index contributed by atoms with van der Waals surface area (Å²) in [5.74, 6) is 0.985. The molecule has 1 atom stereocenters. The standard InChI is InChI=1S/C13H20N2O4/c1-3-5-6-7-10(13(14)18)15-11(16)8-9-12(17)19-4-2/h1,10H,4-9H2,2H3,(H2,14,18)(H,15,16)/t10-/m1/s1. The first-order chi connectivity index (χ1) is 9.01. The molecule has 0 aliphatic rings. The number of carbonyl (C=O) groups is 3. The van der Waals surface area contributed by atoms with Crippen LogP contribution in [0.1, 0.15) is 39.0 Å². The van der Waals surface area contributed by atoms with Crippen LogP contribution in [0.25, 0.3) is 0 Å². The van der Waals surface area contributed by atoms with Crippen LogP contribution in [0, 0.1) is 12.3 Å². The first kappa shape index (κ1) is 17.0. The molecule has 0 aromatic rings. The Kier molecular flexibility index (Phi) is 8.88. The highest BCUT2D eigenvalue weighted by Gasteiger charge is 2.18. The van der Waals surface area contributed by atoms with Crippen LogP contribution in [-0.4, -0.2) is 30.4 Å². The number of carbonyl (C=O) groups excluding carboxylic acids is 3. The van der Waals surface area contributed by atoms with Crippen molar-refractivity contribution in [2.24, 2.45) is 5.73 Å². The van der Waals surface area contributed by atoms with Gasteiger partial charge in [0.25, 0.3) is 0 Å². The maximum atomic E-state index is 11.5. The van der Waals surface area contributed by atoms with Crippen LogP contribution in [0.15, 0.2) is 0 Å². The molecule has 0 aromatic carbocycles. The number of ether oxygens (including phenoxy) is 1. The molecule has 0 saturated carbocycles. The second-order valence-electron chi connectivity index (χ2n) is 3.92. The van der Waals surface area contributed by atoms with Gasteiger partial charge in [0.1, 0.15) is 6.04 Å². The lowest BCUT2D eigenvalue weighted by Gasteiger charge is -2.14. The van der Waals surface area contributed by atoms with E-state index in [1.807, 2.05) is 0 Å². The van der Waals surface area contributed by atoms with E-state index in [1.54, 1.807) is 6.92 Å². The Morgan fingerprint density at radius 2 is 2.05 bits per heavy atom. The Labute approximate surface area is 113 Å². The molecule has 0 spiro atoms. The van der Waals surface area contributed by atoms with E-state index in [0.717, 1.165) is 0 Å². The topological polar surface area (TPSA) is 98.5 Å². The third-order valence-electron chi connectivity index (χ3n) is 2.35. The van der Waals surface area contributed by atoms with Crippen molar-refractivity contribution in [2.75, 3.05) is 6.61 Å². The summed E-state index contributed by atoms with van der Waals surface area (Å²) in [5.41, 5.74) is 5.17. The van der Waals surface area contributed by atoms with E-state index in [0.29, 0.717) is 19.3 Å². The van der Waals surface area contributed by atoms with Crippen LogP contribution in [0.2, 0.25) is 0 Å². The fraction of sp³-hybridized carbons (Fsp3) is 0.615. The highest BCUT2D eigenvalue weighted by molar-refractivity contribution is 5.87. The van der Waals surface area contributed by atoms with E-state index in [2.05, 4.69) is 11.2 Å². The molecular weight excluding hydrogens is 248 g/mol. The molecule has 0 aliphatic heterocycles. The lowest BCUT2D eigenvalue weighted by molar-refractivity contribution is -0.144. The van der Waals surface area contributed by atoms with Gasteiger partial charge in [0.05, 0.1) is 13.0 Å². The van der Waals surface area contributed by atoms with Crippen LogP contribution >= 0.6 is 0 Å². The predicted octanol–water partition coefficient (Wildman–Crippen LogP) is 0.103. The van der Waals surface area contributed by atoms with E-state index in [-0.39, 0.29) is 19.4 Å². The van der Waals surface area contributed by atoms with Gasteiger partial charge in [-0.05, 0) is 19.8 Å². The maximum absolute atomic E-state index is 11.5. The summed E-state index contributed by atoms with van der Waals surface area (Å²) >= 11 is 0. The van der Waals surface area contributed by atoms with Crippen LogP contribution in [0.3, 0.4) is 0 Å². The molecule has 0 bridgehead atoms. The molecule has 2 amide bonds. The van der Waals surface area contributed by atoms with Gasteiger partial charge in [-0.15, -0.1) is 12.3 Å². The molecule has 6 heteroatoms. The van der Waals surface area contributed by atoms with Crippen molar-refractivity contribution in [3.8, 4) is 12.3 Å². The van der Waals surface area contributed by atoms with E-state index in [1.165, 1.54) is 0 Å². The van der Waals surface area contributed by atoms with Gasteiger partial charge in [0.2, 0.25) is 11.8 Å². The molecule has 0 heterocycles. The van der Waals surface area contributed by atoms with Gasteiger partial charge in [-0.3, -0.25) is 14.4 Å². The molecule has 0 radical (unpaired) electrons. The highest BCUT2D eigenvalue weighted by atomic mass is 16.5. The molecule has 19 heavy (non-hydrogen) atoms. The quantitative estimate of drug-likeness (QED) is 0.352. The van der Waals surface area contributed by atoms with Gasteiger partial charge >= 0.3 is 5.97 Å². The maximum Gasteiger partial charge on any atom is 0.306 e. The number of primary amides is 1. The molecular formula is C13H20N2O4. The van der Waals surface area contributed by atoms with Crippen molar-refractivity contribution in [2.45, 2.75) is 45.1 Å². The first-order valence-corrected chi connectivity index (χ1v) is 6.19. The van der Waals surface area contributed by atoms with Crippen LogP contribution in [-0.2, 0) is 19.1 Å². The molecule has 0 aliphatic carbocycles. The summed E-state index contributed by atoms with van der Waals surface area (Å²) in [6.45, 7) is 1.96. The average molecular weight is 268 g/mol. The first-order valence-electron chi connectivity index (χ1n) is 6.19. The van der Waals surface area contributed by atoms with Gasteiger partial charge in [-0.1, -0.05) is 0 Å². The third-order valence-corrected chi connectivity index (χ3v) is 2.35. The number of terminal acetylenes is 1. The summed E-state index contributed by atoms with van der Waals surface area (Å²) in [6, 6.07) is -0.747. The Morgan fingerprint density at radius 3 is 2.58 bits per heavy atom. The summed E-state index contributed by atoms with van der Waals surface area (Å²) in [6.07, 6.45) is 6.56. The summed E-state index contributed by atoms with van der Waals surface area (Å²) in [7, 11) is 0. The Morgan fingerprint density at radius 1 is 1.37 bits per heavy atom.